The molecule has 4 heteroatoms. The summed E-state index contributed by atoms with van der Waals surface area (Å²) >= 11 is 0. The molecule has 0 aliphatic rings. The number of carbonyl (C=O) groups excluding carboxylic acids is 1. The lowest BCUT2D eigenvalue weighted by molar-refractivity contribution is 0.104. The minimum Gasteiger partial charge on any atom is -0.494 e. The van der Waals surface area contributed by atoms with Gasteiger partial charge < -0.3 is 4.74 Å². The van der Waals surface area contributed by atoms with Gasteiger partial charge in [0.25, 0.3) is 0 Å². The molecule has 0 bridgehead atoms. The topological polar surface area (TPSA) is 26.3 Å². The number of halogens is 2. The molecule has 0 amide bonds. The molecule has 0 fully saturated rings. The first-order chi connectivity index (χ1) is 10.1. The van der Waals surface area contributed by atoms with Gasteiger partial charge in [-0.15, -0.1) is 0 Å². The zero-order valence-electron chi connectivity index (χ0n) is 11.5. The molecule has 2 aromatic rings. The molecule has 0 saturated carbocycles. The normalized spacial score (nSPS) is 10.8. The lowest BCUT2D eigenvalue weighted by Gasteiger charge is -2.02. The van der Waals surface area contributed by atoms with Crippen molar-refractivity contribution in [1.82, 2.24) is 0 Å². The van der Waals surface area contributed by atoms with Crippen LogP contribution >= 0.6 is 0 Å². The Hall–Kier alpha value is -2.49. The predicted molar refractivity (Wildman–Crippen MR) is 77.3 cm³/mol. The van der Waals surface area contributed by atoms with Crippen molar-refractivity contribution < 1.29 is 18.3 Å². The summed E-state index contributed by atoms with van der Waals surface area (Å²) in [5, 5.41) is 0. The SMILES string of the molecule is CCOc1ccc(C(=O)C=Cc2ccc(F)c(F)c2)cc1. The van der Waals surface area contributed by atoms with Crippen LogP contribution < -0.4 is 4.74 Å². The third kappa shape index (κ3) is 3.99. The minimum atomic E-state index is -0.939. The van der Waals surface area contributed by atoms with Crippen molar-refractivity contribution in [3.05, 3.63) is 71.3 Å². The number of hydrogen-bond donors (Lipinski definition) is 0. The Morgan fingerprint density at radius 2 is 1.81 bits per heavy atom. The van der Waals surface area contributed by atoms with Crippen LogP contribution in [0, 0.1) is 11.6 Å². The fourth-order valence-electron chi connectivity index (χ4n) is 1.77. The van der Waals surface area contributed by atoms with Gasteiger partial charge in [0.2, 0.25) is 0 Å². The smallest absolute Gasteiger partial charge is 0.185 e. The van der Waals surface area contributed by atoms with Crippen LogP contribution in [0.15, 0.2) is 48.5 Å². The number of allylic oxidation sites excluding steroid dienone is 1. The Morgan fingerprint density at radius 1 is 1.10 bits per heavy atom. The van der Waals surface area contributed by atoms with Crippen LogP contribution in [0.3, 0.4) is 0 Å². The van der Waals surface area contributed by atoms with Gasteiger partial charge >= 0.3 is 0 Å². The third-order valence-corrected chi connectivity index (χ3v) is 2.82. The van der Waals surface area contributed by atoms with Gasteiger partial charge in [0, 0.05) is 5.56 Å². The van der Waals surface area contributed by atoms with Crippen molar-refractivity contribution >= 4 is 11.9 Å². The molecule has 0 aliphatic carbocycles. The van der Waals surface area contributed by atoms with E-state index >= 15 is 0 Å². The molecule has 21 heavy (non-hydrogen) atoms. The zero-order chi connectivity index (χ0) is 15.2. The average molecular weight is 288 g/mol. The Bertz CT molecular complexity index is 661. The Morgan fingerprint density at radius 3 is 2.43 bits per heavy atom. The summed E-state index contributed by atoms with van der Waals surface area (Å²) in [6, 6.07) is 10.2. The number of benzene rings is 2. The van der Waals surface area contributed by atoms with E-state index in [1.54, 1.807) is 24.3 Å². The quantitative estimate of drug-likeness (QED) is 0.607. The highest BCUT2D eigenvalue weighted by atomic mass is 19.2. The summed E-state index contributed by atoms with van der Waals surface area (Å²) in [4.78, 5) is 11.9. The van der Waals surface area contributed by atoms with Crippen molar-refractivity contribution in [3.8, 4) is 5.75 Å². The van der Waals surface area contributed by atoms with E-state index in [0.29, 0.717) is 23.5 Å². The molecule has 0 saturated heterocycles. The lowest BCUT2D eigenvalue weighted by atomic mass is 10.1. The van der Waals surface area contributed by atoms with Crippen LogP contribution in [-0.4, -0.2) is 12.4 Å². The Balaban J connectivity index is 2.09. The summed E-state index contributed by atoms with van der Waals surface area (Å²) in [7, 11) is 0. The van der Waals surface area contributed by atoms with Gasteiger partial charge in [-0.3, -0.25) is 4.79 Å². The predicted octanol–water partition coefficient (Wildman–Crippen LogP) is 4.26. The molecule has 0 N–H and O–H groups in total. The molecule has 2 aromatic carbocycles. The van der Waals surface area contributed by atoms with Gasteiger partial charge in [-0.2, -0.15) is 0 Å². The molecule has 0 aliphatic heterocycles. The van der Waals surface area contributed by atoms with E-state index < -0.39 is 11.6 Å². The van der Waals surface area contributed by atoms with E-state index in [9.17, 15) is 13.6 Å². The van der Waals surface area contributed by atoms with Crippen molar-refractivity contribution in [3.63, 3.8) is 0 Å². The van der Waals surface area contributed by atoms with Crippen LogP contribution in [0.5, 0.6) is 5.75 Å². The van der Waals surface area contributed by atoms with Gasteiger partial charge in [0.05, 0.1) is 6.61 Å². The van der Waals surface area contributed by atoms with Gasteiger partial charge in [-0.1, -0.05) is 12.1 Å². The third-order valence-electron chi connectivity index (χ3n) is 2.82. The fourth-order valence-corrected chi connectivity index (χ4v) is 1.77. The zero-order valence-corrected chi connectivity index (χ0v) is 11.5. The summed E-state index contributed by atoms with van der Waals surface area (Å²) in [6.07, 6.45) is 2.77. The van der Waals surface area contributed by atoms with Crippen molar-refractivity contribution in [1.29, 1.82) is 0 Å². The molecule has 0 atom stereocenters. The number of rotatable bonds is 5. The Kier molecular flexibility index (Phi) is 4.82. The van der Waals surface area contributed by atoms with Crippen molar-refractivity contribution in [2.24, 2.45) is 0 Å². The van der Waals surface area contributed by atoms with Gasteiger partial charge in [-0.25, -0.2) is 8.78 Å². The number of ketones is 1. The molecule has 2 rings (SSSR count). The van der Waals surface area contributed by atoms with E-state index in [1.807, 2.05) is 6.92 Å². The average Bonchev–Trinajstić information content (AvgIpc) is 2.49. The molecule has 108 valence electrons. The maximum atomic E-state index is 13.0. The van der Waals surface area contributed by atoms with E-state index in [-0.39, 0.29) is 5.78 Å². The van der Waals surface area contributed by atoms with Crippen LogP contribution in [-0.2, 0) is 0 Å². The van der Waals surface area contributed by atoms with Crippen LogP contribution in [0.25, 0.3) is 6.08 Å². The maximum absolute atomic E-state index is 13.0. The highest BCUT2D eigenvalue weighted by Crippen LogP contribution is 2.14. The highest BCUT2D eigenvalue weighted by Gasteiger charge is 2.03. The number of ether oxygens (including phenoxy) is 1. The molecule has 0 spiro atoms. The van der Waals surface area contributed by atoms with Crippen molar-refractivity contribution in [2.75, 3.05) is 6.61 Å². The second-order valence-corrected chi connectivity index (χ2v) is 4.33. The monoisotopic (exact) mass is 288 g/mol. The Labute approximate surface area is 121 Å². The number of hydrogen-bond acceptors (Lipinski definition) is 2. The summed E-state index contributed by atoms with van der Waals surface area (Å²) in [5.41, 5.74) is 0.922. The molecular weight excluding hydrogens is 274 g/mol. The summed E-state index contributed by atoms with van der Waals surface area (Å²) in [6.45, 7) is 2.44. The summed E-state index contributed by atoms with van der Waals surface area (Å²) < 4.78 is 31.1. The molecule has 2 nitrogen and oxygen atoms in total. The van der Waals surface area contributed by atoms with E-state index in [1.165, 1.54) is 18.2 Å². The largest absolute Gasteiger partial charge is 0.494 e. The second-order valence-electron chi connectivity index (χ2n) is 4.33. The van der Waals surface area contributed by atoms with Gasteiger partial charge in [0.15, 0.2) is 17.4 Å². The minimum absolute atomic E-state index is 0.220. The number of carbonyl (C=O) groups is 1. The second kappa shape index (κ2) is 6.79. The van der Waals surface area contributed by atoms with E-state index in [0.717, 1.165) is 12.1 Å². The van der Waals surface area contributed by atoms with Crippen molar-refractivity contribution in [2.45, 2.75) is 6.92 Å². The molecule has 0 heterocycles. The van der Waals surface area contributed by atoms with Crippen LogP contribution in [0.1, 0.15) is 22.8 Å². The first-order valence-corrected chi connectivity index (χ1v) is 6.50. The molecule has 0 radical (unpaired) electrons. The van der Waals surface area contributed by atoms with E-state index in [4.69, 9.17) is 4.74 Å². The fraction of sp³-hybridized carbons (Fsp3) is 0.118. The standard InChI is InChI=1S/C17H14F2O2/c1-2-21-14-7-5-13(6-8-14)17(20)10-4-12-3-9-15(18)16(19)11-12/h3-11H,2H2,1H3. The van der Waals surface area contributed by atoms with Crippen LogP contribution in [0.2, 0.25) is 0 Å². The van der Waals surface area contributed by atoms with E-state index in [2.05, 4.69) is 0 Å². The highest BCUT2D eigenvalue weighted by molar-refractivity contribution is 6.06. The first-order valence-electron chi connectivity index (χ1n) is 6.50. The van der Waals surface area contributed by atoms with Crippen LogP contribution in [0.4, 0.5) is 8.78 Å². The molecular formula is C17H14F2O2. The summed E-state index contributed by atoms with van der Waals surface area (Å²) in [5.74, 6) is -1.38. The molecule has 0 aromatic heterocycles. The van der Waals surface area contributed by atoms with Gasteiger partial charge in [0.1, 0.15) is 5.75 Å². The molecule has 0 unspecified atom stereocenters. The lowest BCUT2D eigenvalue weighted by Crippen LogP contribution is -1.96. The maximum Gasteiger partial charge on any atom is 0.185 e. The first kappa shape index (κ1) is 14.9. The van der Waals surface area contributed by atoms with Gasteiger partial charge in [-0.05, 0) is 55.0 Å².